The molecular formula is C18H22ClF2N3O2. The molecule has 2 bridgehead atoms. The lowest BCUT2D eigenvalue weighted by Gasteiger charge is -2.27. The second-order valence-electron chi connectivity index (χ2n) is 7.21. The third kappa shape index (κ3) is 3.55. The molecule has 3 fully saturated rings. The molecule has 8 heteroatoms. The monoisotopic (exact) mass is 385 g/mol. The van der Waals surface area contributed by atoms with E-state index in [2.05, 4.69) is 5.32 Å². The fourth-order valence-electron chi connectivity index (χ4n) is 4.21. The van der Waals surface area contributed by atoms with Crippen molar-refractivity contribution in [3.63, 3.8) is 0 Å². The number of carbonyl (C=O) groups excluding carboxylic acids is 2. The molecule has 1 N–H and O–H groups in total. The minimum atomic E-state index is -0.780. The van der Waals surface area contributed by atoms with Crippen molar-refractivity contribution in [2.24, 2.45) is 5.92 Å². The summed E-state index contributed by atoms with van der Waals surface area (Å²) in [6, 6.07) is 3.95. The van der Waals surface area contributed by atoms with Crippen LogP contribution in [0.15, 0.2) is 18.2 Å². The maximum absolute atomic E-state index is 14.0. The summed E-state index contributed by atoms with van der Waals surface area (Å²) in [5.74, 6) is -2.26. The summed E-state index contributed by atoms with van der Waals surface area (Å²) in [6.07, 6.45) is 3.24. The van der Waals surface area contributed by atoms with E-state index in [1.54, 1.807) is 0 Å². The van der Waals surface area contributed by atoms with Crippen LogP contribution in [0.1, 0.15) is 25.7 Å². The Morgan fingerprint density at radius 1 is 1.12 bits per heavy atom. The molecular weight excluding hydrogens is 364 g/mol. The number of nitrogens with zero attached hydrogens (tertiary/aromatic N) is 2. The number of nitrogens with one attached hydrogen (secondary N) is 1. The van der Waals surface area contributed by atoms with Gasteiger partial charge in [0.2, 0.25) is 11.8 Å². The summed E-state index contributed by atoms with van der Waals surface area (Å²) in [4.78, 5) is 28.3. The molecule has 4 rings (SSSR count). The second-order valence-corrected chi connectivity index (χ2v) is 7.21. The van der Waals surface area contributed by atoms with Crippen LogP contribution in [0, 0.1) is 17.6 Å². The van der Waals surface area contributed by atoms with E-state index >= 15 is 0 Å². The Morgan fingerprint density at radius 3 is 2.65 bits per heavy atom. The molecule has 2 amide bonds. The molecule has 0 aliphatic carbocycles. The smallest absolute Gasteiger partial charge is 0.228 e. The Bertz CT molecular complexity index is 718. The van der Waals surface area contributed by atoms with Gasteiger partial charge in [0.15, 0.2) is 0 Å². The fraction of sp³-hybridized carbons (Fsp3) is 0.556. The van der Waals surface area contributed by atoms with Gasteiger partial charge in [-0.25, -0.2) is 8.78 Å². The molecule has 3 unspecified atom stereocenters. The molecule has 3 atom stereocenters. The summed E-state index contributed by atoms with van der Waals surface area (Å²) >= 11 is 0. The lowest BCUT2D eigenvalue weighted by atomic mass is 10.0. The average molecular weight is 386 g/mol. The Kier molecular flexibility index (Phi) is 5.48. The van der Waals surface area contributed by atoms with Crippen LogP contribution in [0.5, 0.6) is 0 Å². The molecule has 3 saturated heterocycles. The first-order valence-electron chi connectivity index (χ1n) is 8.81. The highest BCUT2D eigenvalue weighted by Gasteiger charge is 2.40. The summed E-state index contributed by atoms with van der Waals surface area (Å²) in [7, 11) is 0. The van der Waals surface area contributed by atoms with Crippen molar-refractivity contribution in [2.75, 3.05) is 24.5 Å². The topological polar surface area (TPSA) is 52.7 Å². The quantitative estimate of drug-likeness (QED) is 0.848. The van der Waals surface area contributed by atoms with Crippen molar-refractivity contribution in [3.8, 4) is 0 Å². The Labute approximate surface area is 157 Å². The maximum atomic E-state index is 14.0. The number of hydrogen-bond acceptors (Lipinski definition) is 3. The molecule has 0 aromatic heterocycles. The maximum Gasteiger partial charge on any atom is 0.228 e. The molecule has 26 heavy (non-hydrogen) atoms. The van der Waals surface area contributed by atoms with Crippen molar-refractivity contribution in [1.82, 2.24) is 10.2 Å². The van der Waals surface area contributed by atoms with Crippen LogP contribution in [-0.4, -0.2) is 48.4 Å². The molecule has 1 aromatic carbocycles. The zero-order chi connectivity index (χ0) is 17.6. The first-order chi connectivity index (χ1) is 12.0. The molecule has 0 saturated carbocycles. The number of carbonyl (C=O) groups is 2. The Balaban J connectivity index is 0.00000196. The van der Waals surface area contributed by atoms with Crippen LogP contribution in [0.4, 0.5) is 14.5 Å². The molecule has 142 valence electrons. The standard InChI is InChI=1S/C18H21F2N3O2.ClH/c19-12-1-4-16(15(20)8-12)23-9-11(7-17(23)24)18(25)22-6-5-13-2-3-14(10-22)21-13;/h1,4,8,11,13-14,21H,2-3,5-7,9-10H2;1H. The molecule has 1 aromatic rings. The van der Waals surface area contributed by atoms with Gasteiger partial charge in [0.25, 0.3) is 0 Å². The zero-order valence-electron chi connectivity index (χ0n) is 14.3. The fourth-order valence-corrected chi connectivity index (χ4v) is 4.21. The number of anilines is 1. The highest BCUT2D eigenvalue weighted by molar-refractivity contribution is 6.00. The number of hydrogen-bond donors (Lipinski definition) is 1. The predicted molar refractivity (Wildman–Crippen MR) is 95.2 cm³/mol. The van der Waals surface area contributed by atoms with E-state index in [9.17, 15) is 18.4 Å². The number of likely N-dealkylation sites (tertiary alicyclic amines) is 1. The third-order valence-electron chi connectivity index (χ3n) is 5.51. The molecule has 5 nitrogen and oxygen atoms in total. The summed E-state index contributed by atoms with van der Waals surface area (Å²) in [6.45, 7) is 1.52. The number of amides is 2. The van der Waals surface area contributed by atoms with Gasteiger partial charge in [-0.15, -0.1) is 12.4 Å². The van der Waals surface area contributed by atoms with Gasteiger partial charge in [-0.1, -0.05) is 0 Å². The summed E-state index contributed by atoms with van der Waals surface area (Å²) in [5.41, 5.74) is 0.0401. The van der Waals surface area contributed by atoms with Crippen molar-refractivity contribution >= 4 is 29.9 Å². The van der Waals surface area contributed by atoms with Crippen LogP contribution in [0.2, 0.25) is 0 Å². The minimum Gasteiger partial charge on any atom is -0.341 e. The van der Waals surface area contributed by atoms with E-state index < -0.39 is 17.6 Å². The van der Waals surface area contributed by atoms with Crippen LogP contribution >= 0.6 is 12.4 Å². The van der Waals surface area contributed by atoms with Gasteiger partial charge in [-0.05, 0) is 31.4 Å². The van der Waals surface area contributed by atoms with Gasteiger partial charge < -0.3 is 15.1 Å². The number of fused-ring (bicyclic) bond motifs is 2. The van der Waals surface area contributed by atoms with E-state index in [4.69, 9.17) is 0 Å². The minimum absolute atomic E-state index is 0. The molecule has 3 heterocycles. The van der Waals surface area contributed by atoms with Gasteiger partial charge >= 0.3 is 0 Å². The SMILES string of the molecule is Cl.O=C(C1CC(=O)N(c2ccc(F)cc2F)C1)N1CCC2CCC(C1)N2. The van der Waals surface area contributed by atoms with Gasteiger partial charge in [0, 0.05) is 44.2 Å². The third-order valence-corrected chi connectivity index (χ3v) is 5.51. The molecule has 0 radical (unpaired) electrons. The van der Waals surface area contributed by atoms with Crippen molar-refractivity contribution in [1.29, 1.82) is 0 Å². The number of rotatable bonds is 2. The van der Waals surface area contributed by atoms with Crippen LogP contribution in [-0.2, 0) is 9.59 Å². The van der Waals surface area contributed by atoms with Gasteiger partial charge in [0.1, 0.15) is 11.6 Å². The van der Waals surface area contributed by atoms with Gasteiger partial charge in [0.05, 0.1) is 11.6 Å². The first-order valence-corrected chi connectivity index (χ1v) is 8.81. The van der Waals surface area contributed by atoms with Gasteiger partial charge in [-0.3, -0.25) is 9.59 Å². The van der Waals surface area contributed by atoms with E-state index in [0.29, 0.717) is 25.2 Å². The number of benzene rings is 1. The van der Waals surface area contributed by atoms with Crippen LogP contribution in [0.3, 0.4) is 0 Å². The highest BCUT2D eigenvalue weighted by atomic mass is 35.5. The molecule has 3 aliphatic heterocycles. The Hall–Kier alpha value is -1.73. The molecule has 0 spiro atoms. The normalized spacial score (nSPS) is 28.1. The van der Waals surface area contributed by atoms with Crippen molar-refractivity contribution < 1.29 is 18.4 Å². The number of halogens is 3. The summed E-state index contributed by atoms with van der Waals surface area (Å²) < 4.78 is 27.1. The van der Waals surface area contributed by atoms with Crippen LogP contribution < -0.4 is 10.2 Å². The first kappa shape index (κ1) is 19.0. The van der Waals surface area contributed by atoms with E-state index in [1.807, 2.05) is 4.90 Å². The van der Waals surface area contributed by atoms with E-state index in [-0.39, 0.29) is 42.9 Å². The average Bonchev–Trinajstić information content (AvgIpc) is 3.09. The summed E-state index contributed by atoms with van der Waals surface area (Å²) in [5, 5.41) is 3.53. The largest absolute Gasteiger partial charge is 0.341 e. The van der Waals surface area contributed by atoms with E-state index in [0.717, 1.165) is 31.4 Å². The van der Waals surface area contributed by atoms with Crippen LogP contribution in [0.25, 0.3) is 0 Å². The Morgan fingerprint density at radius 2 is 1.88 bits per heavy atom. The lowest BCUT2D eigenvalue weighted by molar-refractivity contribution is -0.136. The second kappa shape index (κ2) is 7.48. The molecule has 3 aliphatic rings. The van der Waals surface area contributed by atoms with Crippen molar-refractivity contribution in [3.05, 3.63) is 29.8 Å². The zero-order valence-corrected chi connectivity index (χ0v) is 15.1. The van der Waals surface area contributed by atoms with Crippen molar-refractivity contribution in [2.45, 2.75) is 37.8 Å². The highest BCUT2D eigenvalue weighted by Crippen LogP contribution is 2.30. The predicted octanol–water partition coefficient (Wildman–Crippen LogP) is 2.09. The van der Waals surface area contributed by atoms with Gasteiger partial charge in [-0.2, -0.15) is 0 Å². The lowest BCUT2D eigenvalue weighted by Crippen LogP contribution is -2.42. The van der Waals surface area contributed by atoms with E-state index in [1.165, 1.54) is 11.0 Å².